The molecule has 90 valence electrons. The number of hydrogen-bond acceptors (Lipinski definition) is 3. The van der Waals surface area contributed by atoms with E-state index in [0.717, 1.165) is 16.6 Å². The van der Waals surface area contributed by atoms with Crippen molar-refractivity contribution < 1.29 is 0 Å². The number of hydrazine groups is 1. The van der Waals surface area contributed by atoms with Gasteiger partial charge in [-0.05, 0) is 18.3 Å². The molecular formula is C11H15N5S. The van der Waals surface area contributed by atoms with Gasteiger partial charge in [0.1, 0.15) is 0 Å². The van der Waals surface area contributed by atoms with Crippen molar-refractivity contribution in [2.75, 3.05) is 18.1 Å². The first-order chi connectivity index (χ1) is 8.24. The highest BCUT2D eigenvalue weighted by Crippen LogP contribution is 2.25. The first-order valence-electron chi connectivity index (χ1n) is 5.33. The van der Waals surface area contributed by atoms with E-state index in [1.54, 1.807) is 5.01 Å². The van der Waals surface area contributed by atoms with Crippen LogP contribution in [0.3, 0.4) is 0 Å². The second-order valence-corrected chi connectivity index (χ2v) is 4.01. The second kappa shape index (κ2) is 5.13. The van der Waals surface area contributed by atoms with Crippen LogP contribution in [0.4, 0.5) is 5.69 Å². The van der Waals surface area contributed by atoms with E-state index in [9.17, 15) is 0 Å². The molecule has 1 aromatic carbocycles. The van der Waals surface area contributed by atoms with Gasteiger partial charge in [-0.1, -0.05) is 18.2 Å². The summed E-state index contributed by atoms with van der Waals surface area (Å²) in [5.74, 6) is 0. The molecule has 0 aliphatic rings. The van der Waals surface area contributed by atoms with Crippen molar-refractivity contribution in [1.29, 1.82) is 0 Å². The molecule has 0 amide bonds. The number of rotatable bonds is 4. The molecule has 6 heteroatoms. The van der Waals surface area contributed by atoms with Gasteiger partial charge < -0.3 is 16.5 Å². The summed E-state index contributed by atoms with van der Waals surface area (Å²) in [5.41, 5.74) is 16.2. The highest BCUT2D eigenvalue weighted by Gasteiger charge is 2.13. The molecule has 5 nitrogen and oxygen atoms in total. The molecule has 0 atom stereocenters. The zero-order chi connectivity index (χ0) is 12.3. The van der Waals surface area contributed by atoms with Crippen LogP contribution in [0.15, 0.2) is 30.5 Å². The highest BCUT2D eigenvalue weighted by molar-refractivity contribution is 7.80. The summed E-state index contributed by atoms with van der Waals surface area (Å²) in [5, 5.41) is 2.99. The Bertz CT molecular complexity index is 521. The number of fused-ring (bicyclic) bond motifs is 1. The van der Waals surface area contributed by atoms with Gasteiger partial charge in [0, 0.05) is 30.2 Å². The number of nitrogens with one attached hydrogen (secondary N) is 2. The number of hydrogen-bond donors (Lipinski definition) is 4. The maximum atomic E-state index is 5.70. The first-order valence-corrected chi connectivity index (χ1v) is 5.74. The predicted octanol–water partition coefficient (Wildman–Crippen LogP) is 0.681. The Hall–Kier alpha value is -1.63. The van der Waals surface area contributed by atoms with Gasteiger partial charge in [-0.25, -0.2) is 5.43 Å². The summed E-state index contributed by atoms with van der Waals surface area (Å²) in [7, 11) is 0. The quantitative estimate of drug-likeness (QED) is 0.473. The summed E-state index contributed by atoms with van der Waals surface area (Å²) in [6.07, 6.45) is 1.87. The topological polar surface area (TPSA) is 83.1 Å². The summed E-state index contributed by atoms with van der Waals surface area (Å²) in [4.78, 5) is 3.17. The third kappa shape index (κ3) is 2.38. The van der Waals surface area contributed by atoms with Crippen molar-refractivity contribution >= 4 is 33.9 Å². The number of aromatic amines is 1. The minimum absolute atomic E-state index is 0.267. The summed E-state index contributed by atoms with van der Waals surface area (Å²) in [6, 6.07) is 7.96. The molecule has 0 saturated carbocycles. The molecule has 2 aromatic rings. The lowest BCUT2D eigenvalue weighted by Crippen LogP contribution is -2.47. The average Bonchev–Trinajstić information content (AvgIpc) is 2.73. The number of anilines is 1. The highest BCUT2D eigenvalue weighted by atomic mass is 32.1. The van der Waals surface area contributed by atoms with Crippen LogP contribution in [-0.2, 0) is 0 Å². The monoisotopic (exact) mass is 249 g/mol. The number of H-pyrrole nitrogens is 1. The molecule has 1 aromatic heterocycles. The van der Waals surface area contributed by atoms with Gasteiger partial charge in [-0.2, -0.15) is 0 Å². The van der Waals surface area contributed by atoms with E-state index in [1.165, 1.54) is 0 Å². The van der Waals surface area contributed by atoms with Crippen LogP contribution in [0.25, 0.3) is 10.9 Å². The van der Waals surface area contributed by atoms with E-state index in [0.29, 0.717) is 13.1 Å². The van der Waals surface area contributed by atoms with Crippen LogP contribution >= 0.6 is 12.2 Å². The van der Waals surface area contributed by atoms with Crippen LogP contribution in [0, 0.1) is 0 Å². The number of aromatic nitrogens is 1. The smallest absolute Gasteiger partial charge is 0.185 e. The molecule has 0 aliphatic heterocycles. The van der Waals surface area contributed by atoms with Gasteiger partial charge in [-0.3, -0.25) is 5.01 Å². The fourth-order valence-corrected chi connectivity index (χ4v) is 1.86. The fraction of sp³-hybridized carbons (Fsp3) is 0.182. The maximum absolute atomic E-state index is 5.70. The number of benzene rings is 1. The van der Waals surface area contributed by atoms with E-state index >= 15 is 0 Å². The average molecular weight is 249 g/mol. The Balaban J connectivity index is 2.38. The Morgan fingerprint density at radius 2 is 2.18 bits per heavy atom. The summed E-state index contributed by atoms with van der Waals surface area (Å²) >= 11 is 5.03. The zero-order valence-electron chi connectivity index (χ0n) is 9.31. The Kier molecular flexibility index (Phi) is 3.58. The maximum Gasteiger partial charge on any atom is 0.185 e. The van der Waals surface area contributed by atoms with Crippen LogP contribution in [0.1, 0.15) is 0 Å². The number of nitrogens with zero attached hydrogens (tertiary/aromatic N) is 1. The van der Waals surface area contributed by atoms with Crippen molar-refractivity contribution in [2.24, 2.45) is 11.5 Å². The fourth-order valence-electron chi connectivity index (χ4n) is 1.70. The van der Waals surface area contributed by atoms with Crippen molar-refractivity contribution in [3.8, 4) is 0 Å². The molecule has 0 spiro atoms. The molecule has 0 aliphatic carbocycles. The van der Waals surface area contributed by atoms with Crippen LogP contribution in [0.5, 0.6) is 0 Å². The van der Waals surface area contributed by atoms with Gasteiger partial charge >= 0.3 is 0 Å². The lowest BCUT2D eigenvalue weighted by atomic mass is 10.2. The van der Waals surface area contributed by atoms with Crippen LogP contribution in [-0.4, -0.2) is 23.2 Å². The zero-order valence-corrected chi connectivity index (χ0v) is 10.1. The van der Waals surface area contributed by atoms with Gasteiger partial charge in [0.15, 0.2) is 5.11 Å². The minimum atomic E-state index is 0.267. The van der Waals surface area contributed by atoms with E-state index in [4.69, 9.17) is 23.7 Å². The third-order valence-corrected chi connectivity index (χ3v) is 2.63. The van der Waals surface area contributed by atoms with Crippen molar-refractivity contribution in [3.05, 3.63) is 30.5 Å². The van der Waals surface area contributed by atoms with Crippen molar-refractivity contribution in [1.82, 2.24) is 10.4 Å². The molecule has 17 heavy (non-hydrogen) atoms. The van der Waals surface area contributed by atoms with E-state index < -0.39 is 0 Å². The lowest BCUT2D eigenvalue weighted by Gasteiger charge is -2.22. The molecule has 0 bridgehead atoms. The largest absolute Gasteiger partial charge is 0.375 e. The predicted molar refractivity (Wildman–Crippen MR) is 74.6 cm³/mol. The van der Waals surface area contributed by atoms with Gasteiger partial charge in [0.25, 0.3) is 0 Å². The third-order valence-electron chi connectivity index (χ3n) is 2.44. The number of para-hydroxylation sites is 1. The summed E-state index contributed by atoms with van der Waals surface area (Å²) < 4.78 is 0. The molecule has 1 heterocycles. The Morgan fingerprint density at radius 1 is 1.41 bits per heavy atom. The lowest BCUT2D eigenvalue weighted by molar-refractivity contribution is 0.724. The van der Waals surface area contributed by atoms with E-state index in [-0.39, 0.29) is 5.11 Å². The number of nitrogens with two attached hydrogens (primary N) is 2. The molecular weight excluding hydrogens is 234 g/mol. The number of thiocarbonyl (C=S) groups is 1. The second-order valence-electron chi connectivity index (χ2n) is 3.59. The van der Waals surface area contributed by atoms with Crippen LogP contribution < -0.4 is 21.9 Å². The molecule has 6 N–H and O–H groups in total. The molecule has 0 saturated heterocycles. The first kappa shape index (κ1) is 11.8. The molecule has 0 fully saturated rings. The normalized spacial score (nSPS) is 10.6. The molecule has 0 radical (unpaired) electrons. The van der Waals surface area contributed by atoms with E-state index in [2.05, 4.69) is 10.4 Å². The van der Waals surface area contributed by atoms with Crippen molar-refractivity contribution in [3.63, 3.8) is 0 Å². The standard InChI is InChI=1S/C11H15N5S/c12-5-6-15-16(11(13)17)10-7-14-9-4-2-1-3-8(9)10/h1-4,7,14-15H,5-6,12H2,(H2,13,17). The molecule has 2 rings (SSSR count). The van der Waals surface area contributed by atoms with Crippen molar-refractivity contribution in [2.45, 2.75) is 0 Å². The SMILES string of the molecule is NCCNN(C(N)=S)c1c[nH]c2ccccc12. The van der Waals surface area contributed by atoms with E-state index in [1.807, 2.05) is 30.5 Å². The Morgan fingerprint density at radius 3 is 2.88 bits per heavy atom. The minimum Gasteiger partial charge on any atom is -0.375 e. The van der Waals surface area contributed by atoms with Gasteiger partial charge in [0.05, 0.1) is 5.69 Å². The Labute approximate surface area is 105 Å². The summed E-state index contributed by atoms with van der Waals surface area (Å²) in [6.45, 7) is 1.12. The van der Waals surface area contributed by atoms with Crippen LogP contribution in [0.2, 0.25) is 0 Å². The van der Waals surface area contributed by atoms with Gasteiger partial charge in [0.2, 0.25) is 0 Å². The van der Waals surface area contributed by atoms with Gasteiger partial charge in [-0.15, -0.1) is 0 Å². The molecule has 0 unspecified atom stereocenters.